The minimum atomic E-state index is -2.34. The van der Waals surface area contributed by atoms with Crippen LogP contribution in [0.2, 0.25) is 0 Å². The monoisotopic (exact) mass is 1920 g/mol. The van der Waals surface area contributed by atoms with E-state index < -0.39 is 113 Å². The van der Waals surface area contributed by atoms with E-state index in [1.54, 1.807) is 176 Å². The van der Waals surface area contributed by atoms with Crippen molar-refractivity contribution in [1.82, 2.24) is 66.4 Å². The summed E-state index contributed by atoms with van der Waals surface area (Å²) in [6.07, 6.45) is 8.31. The maximum atomic E-state index is 13.0. The number of hydrogen-bond donors (Lipinski definition) is 3. The van der Waals surface area contributed by atoms with Crippen molar-refractivity contribution in [2.24, 2.45) is 44.9 Å². The number of fused-ring (bicyclic) bond motifs is 6. The van der Waals surface area contributed by atoms with Crippen molar-refractivity contribution in [3.05, 3.63) is 198 Å². The lowest BCUT2D eigenvalue weighted by Gasteiger charge is -2.39. The minimum absolute atomic E-state index is 0.00407. The van der Waals surface area contributed by atoms with Crippen molar-refractivity contribution in [2.75, 3.05) is 17.1 Å². The summed E-state index contributed by atoms with van der Waals surface area (Å²) >= 11 is 0. The largest absolute Gasteiger partial charge is 0.535 e. The number of dihydropyridines is 1. The van der Waals surface area contributed by atoms with Crippen LogP contribution in [0.1, 0.15) is 164 Å². The Kier molecular flexibility index (Phi) is 39.4. The van der Waals surface area contributed by atoms with Gasteiger partial charge in [0.2, 0.25) is 41.0 Å². The van der Waals surface area contributed by atoms with Crippen LogP contribution in [0.4, 0.5) is 67.0 Å². The van der Waals surface area contributed by atoms with Gasteiger partial charge in [0.1, 0.15) is 11.6 Å². The number of nitrogens with zero attached hydrogens (tertiary/aromatic N) is 15. The zero-order valence-corrected chi connectivity index (χ0v) is 76.3. The first kappa shape index (κ1) is 106. The van der Waals surface area contributed by atoms with Crippen molar-refractivity contribution in [3.63, 3.8) is 0 Å². The van der Waals surface area contributed by atoms with Gasteiger partial charge in [-0.05, 0) is 221 Å². The lowest BCUT2D eigenvalue weighted by molar-refractivity contribution is -0.169. The molecule has 9 heterocycles. The van der Waals surface area contributed by atoms with Gasteiger partial charge in [-0.25, -0.2) is 56.5 Å². The second-order valence-electron chi connectivity index (χ2n) is 31.6. The summed E-state index contributed by atoms with van der Waals surface area (Å²) in [6.45, 7) is 27.9. The van der Waals surface area contributed by atoms with E-state index in [0.717, 1.165) is 47.6 Å². The molecule has 1 saturated carbocycles. The predicted octanol–water partition coefficient (Wildman–Crippen LogP) is 11.5. The molecule has 5 aliphatic heterocycles. The molecule has 4 aliphatic carbocycles. The topological polar surface area (TPSA) is 526 Å². The summed E-state index contributed by atoms with van der Waals surface area (Å²) in [5.74, 6) is -12.2. The van der Waals surface area contributed by atoms with Gasteiger partial charge in [-0.2, -0.15) is 24.4 Å². The number of hydrogen-bond acceptors (Lipinski definition) is 41. The summed E-state index contributed by atoms with van der Waals surface area (Å²) in [5.41, 5.74) is 10.4. The highest BCUT2D eigenvalue weighted by Gasteiger charge is 2.53. The number of hydroxylamine groups is 4. The standard InChI is InChI=1S/C14H19NO4.C11H15N3O4.C11H13N3O4.C11H11N3O4.C10H7F5O3.C10H13N3O2.C9H12N4O3.C9H11NO4/c1-8(2)18-14(17)19-15-7-11-9-3-5-10(6-4-9)12(11)13(15)16;3*1-7(2)17-11(16)18-14-10(15)8-5-3-4-6-9(8)12-13-14;1-3(2)17-10(16)18-9-7(14)5(12)4(11)6(13)8(9)15;1-7(2)10(14)15-13-9-8(6-12-13)4-3-5-11-9;1-6(2)15-9(14)16-13-8-7(11-12-13)4-3-5-10-8;1-7(2)13-9(12)14-10-6-4-3-5-8(10)11/h3,5,8-12H,4,6-7H2,1-2H3;7H,3-6H2,1-2H3;3-7,12-13H,1-2H3;3-7H,1-2H3;3H,1-2H3;3-5,7,12H,6H2,1-2H3;3-8H,1-2H3;3-7H,1-2H3. The number of aliphatic imine (C=N–C) groups is 1. The van der Waals surface area contributed by atoms with Gasteiger partial charge in [0.15, 0.2) is 5.82 Å². The van der Waals surface area contributed by atoms with Crippen LogP contribution in [0, 0.1) is 58.7 Å². The van der Waals surface area contributed by atoms with E-state index in [1.807, 2.05) is 18.2 Å². The number of anilines is 2. The third kappa shape index (κ3) is 31.1. The molecule has 136 heavy (non-hydrogen) atoms. The minimum Gasteiger partial charge on any atom is -0.431 e. The van der Waals surface area contributed by atoms with Gasteiger partial charge < -0.3 is 53.0 Å². The van der Waals surface area contributed by atoms with E-state index in [1.165, 1.54) is 36.3 Å². The molecule has 9 aliphatic rings. The number of benzene rings is 3. The first-order chi connectivity index (χ1) is 64.5. The molecular formula is C85H101F5N18O28. The molecule has 46 nitrogen and oxygen atoms in total. The van der Waals surface area contributed by atoms with Crippen LogP contribution in [0.15, 0.2) is 145 Å². The van der Waals surface area contributed by atoms with E-state index in [9.17, 15) is 84.3 Å². The number of hydrazine groups is 3. The fourth-order valence-corrected chi connectivity index (χ4v) is 12.4. The lowest BCUT2D eigenvalue weighted by atomic mass is 9.63. The zero-order chi connectivity index (χ0) is 99.9. The third-order valence-electron chi connectivity index (χ3n) is 18.2. The summed E-state index contributed by atoms with van der Waals surface area (Å²) in [4.78, 5) is 192. The molecule has 3 aromatic carbocycles. The van der Waals surface area contributed by atoms with E-state index in [-0.39, 0.29) is 66.4 Å². The molecule has 6 unspecified atom stereocenters. The molecule has 734 valence electrons. The number of nitrogens with one attached hydrogen (secondary N) is 3. The Hall–Kier alpha value is -15.3. The lowest BCUT2D eigenvalue weighted by Crippen LogP contribution is -2.50. The SMILES string of the molecule is CC(C)C(=O)ON1NCc2cccnc21.CC(C)OC(=O)ON1CC2C3C=CC(CC3)C2C1=O.CC(C)OC(=O)ON1N=NC2C=CC=NC21.CC(C)OC(=O)ON1NNc2ccccc2C1=O.CC(C)OC(=O)Oc1c(F)c(F)c(F)c(F)c1F.CC(C)OC(=O)On1ccccc1=O.CC(C)OC(=O)On1nnc2c(c1=O)CCCC2.CC(C)OC(=O)On1nnc2ccccc2c1=O. The van der Waals surface area contributed by atoms with Crippen molar-refractivity contribution in [2.45, 2.75) is 211 Å². The van der Waals surface area contributed by atoms with Crippen LogP contribution in [0.5, 0.6) is 5.75 Å². The molecule has 16 rings (SSSR count). The maximum absolute atomic E-state index is 13.0. The number of carbonyl (C=O) groups excluding carboxylic acids is 10. The normalized spacial score (nSPS) is 17.2. The average molecular weight is 1920 g/mol. The molecule has 2 amide bonds. The Balaban J connectivity index is 0.000000191. The summed E-state index contributed by atoms with van der Waals surface area (Å²) < 4.78 is 102. The van der Waals surface area contributed by atoms with E-state index >= 15 is 0 Å². The number of pyridine rings is 2. The predicted molar refractivity (Wildman–Crippen MR) is 458 cm³/mol. The fraction of sp³-hybridized carbons (Fsp3) is 0.447. The second-order valence-corrected chi connectivity index (χ2v) is 31.6. The Bertz CT molecular complexity index is 5670. The molecule has 51 heteroatoms. The summed E-state index contributed by atoms with van der Waals surface area (Å²) in [5, 5.41) is 26.9. The van der Waals surface area contributed by atoms with Crippen molar-refractivity contribution in [1.29, 1.82) is 0 Å². The molecule has 6 atom stereocenters. The van der Waals surface area contributed by atoms with E-state index in [4.69, 9.17) is 47.9 Å². The molecule has 2 bridgehead atoms. The van der Waals surface area contributed by atoms with Gasteiger partial charge in [-0.1, -0.05) is 78.8 Å². The van der Waals surface area contributed by atoms with E-state index in [2.05, 4.69) is 93.4 Å². The number of allylic oxidation sites excluding steroid dienone is 3. The van der Waals surface area contributed by atoms with Crippen LogP contribution in [0.25, 0.3) is 10.9 Å². The van der Waals surface area contributed by atoms with Crippen LogP contribution < -0.4 is 57.5 Å². The molecule has 0 radical (unpaired) electrons. The molecule has 7 aromatic rings. The highest BCUT2D eigenvalue weighted by Crippen LogP contribution is 2.49. The van der Waals surface area contributed by atoms with Gasteiger partial charge in [0.05, 0.1) is 83.4 Å². The van der Waals surface area contributed by atoms with Crippen molar-refractivity contribution in [3.8, 4) is 5.75 Å². The van der Waals surface area contributed by atoms with Crippen LogP contribution in [-0.4, -0.2) is 184 Å². The number of ether oxygens (including phenoxy) is 8. The average Bonchev–Trinajstić information content (AvgIpc) is 1.59. The number of aromatic nitrogens is 8. The maximum Gasteiger partial charge on any atom is 0.535 e. The number of halogens is 5. The van der Waals surface area contributed by atoms with Crippen LogP contribution >= 0.6 is 0 Å². The highest BCUT2D eigenvalue weighted by molar-refractivity contribution is 6.00. The Morgan fingerprint density at radius 3 is 1.63 bits per heavy atom. The Morgan fingerprint density at radius 2 is 1.04 bits per heavy atom. The first-order valence-corrected chi connectivity index (χ1v) is 42.3. The third-order valence-corrected chi connectivity index (χ3v) is 18.2. The second kappa shape index (κ2) is 50.5. The Labute approximate surface area is 771 Å². The molecule has 3 N–H and O–H groups in total. The molecule has 1 saturated heterocycles. The van der Waals surface area contributed by atoms with Gasteiger partial charge in [-0.15, -0.1) is 25.6 Å². The van der Waals surface area contributed by atoms with Crippen LogP contribution in [-0.2, 0) is 81.5 Å². The number of aryl methyl sites for hydroxylation is 1. The summed E-state index contributed by atoms with van der Waals surface area (Å²) in [7, 11) is 0. The molecule has 4 aromatic heterocycles. The van der Waals surface area contributed by atoms with Gasteiger partial charge in [0.25, 0.3) is 11.5 Å². The van der Waals surface area contributed by atoms with Crippen molar-refractivity contribution >= 4 is 89.5 Å². The quantitative estimate of drug-likeness (QED) is 0.0118. The summed E-state index contributed by atoms with van der Waals surface area (Å²) in [6, 6.07) is 21.5. The zero-order valence-electron chi connectivity index (χ0n) is 76.3. The smallest absolute Gasteiger partial charge is 0.431 e. The molecule has 2 fully saturated rings. The van der Waals surface area contributed by atoms with Gasteiger partial charge in [0, 0.05) is 42.3 Å². The van der Waals surface area contributed by atoms with Gasteiger partial charge in [-0.3, -0.25) is 53.2 Å². The number of rotatable bonds is 16. The Morgan fingerprint density at radius 1 is 0.507 bits per heavy atom. The van der Waals surface area contributed by atoms with Crippen molar-refractivity contribution < 1.29 is 142 Å². The molecule has 0 spiro atoms. The number of carbonyl (C=O) groups is 10. The van der Waals surface area contributed by atoms with Gasteiger partial charge >= 0.3 is 66.1 Å². The number of amides is 2. The highest BCUT2D eigenvalue weighted by atomic mass is 19.2. The number of para-hydroxylation sites is 1. The van der Waals surface area contributed by atoms with Crippen LogP contribution in [0.3, 0.4) is 0 Å². The van der Waals surface area contributed by atoms with E-state index in [0.29, 0.717) is 91.4 Å². The molecular weight excluding hydrogens is 1820 g/mol. The fourth-order valence-electron chi connectivity index (χ4n) is 12.4. The first-order valence-electron chi connectivity index (χ1n) is 42.3.